The molecule has 7 nitrogen and oxygen atoms in total. The molecular weight excluding hydrogens is 376 g/mol. The van der Waals surface area contributed by atoms with Crippen LogP contribution in [0.25, 0.3) is 0 Å². The minimum atomic E-state index is -2.04. The van der Waals surface area contributed by atoms with Crippen molar-refractivity contribution in [3.05, 3.63) is 82.6 Å². The lowest BCUT2D eigenvalue weighted by Gasteiger charge is -2.27. The van der Waals surface area contributed by atoms with Gasteiger partial charge in [-0.15, -0.1) is 0 Å². The van der Waals surface area contributed by atoms with Crippen LogP contribution in [0.4, 0.5) is 0 Å². The number of methoxy groups -OCH3 is 2. The number of hydrogen-bond donors (Lipinski definition) is 1. The van der Waals surface area contributed by atoms with E-state index >= 15 is 0 Å². The zero-order valence-corrected chi connectivity index (χ0v) is 16.0. The van der Waals surface area contributed by atoms with Crippen LogP contribution in [0.1, 0.15) is 11.1 Å². The third-order valence-electron chi connectivity index (χ3n) is 4.88. The van der Waals surface area contributed by atoms with Gasteiger partial charge in [-0.25, -0.2) is 4.79 Å². The Balaban J connectivity index is 1.88. The number of aliphatic hydroxyl groups is 1. The molecule has 2 aliphatic rings. The van der Waals surface area contributed by atoms with Crippen molar-refractivity contribution >= 4 is 5.97 Å². The molecule has 1 unspecified atom stereocenters. The van der Waals surface area contributed by atoms with Gasteiger partial charge in [0.1, 0.15) is 23.7 Å². The smallest absolute Gasteiger partial charge is 0.345 e. The molecule has 4 rings (SSSR count). The first-order chi connectivity index (χ1) is 14.1. The number of benzene rings is 2. The Bertz CT molecular complexity index is 993. The summed E-state index contributed by atoms with van der Waals surface area (Å²) in [4.78, 5) is 22.8. The largest absolute Gasteiger partial charge is 0.497 e. The molecule has 0 saturated heterocycles. The van der Waals surface area contributed by atoms with Crippen molar-refractivity contribution in [2.24, 2.45) is 0 Å². The summed E-state index contributed by atoms with van der Waals surface area (Å²) in [5.41, 5.74) is 1.67. The van der Waals surface area contributed by atoms with Crippen LogP contribution in [-0.4, -0.2) is 31.9 Å². The zero-order chi connectivity index (χ0) is 20.4. The minimum Gasteiger partial charge on any atom is -0.497 e. The van der Waals surface area contributed by atoms with Crippen molar-refractivity contribution in [3.63, 3.8) is 0 Å². The van der Waals surface area contributed by atoms with Crippen molar-refractivity contribution in [2.45, 2.75) is 12.2 Å². The van der Waals surface area contributed by atoms with Crippen LogP contribution >= 0.6 is 0 Å². The van der Waals surface area contributed by atoms with Crippen LogP contribution in [0.3, 0.4) is 0 Å². The van der Waals surface area contributed by atoms with E-state index in [4.69, 9.17) is 24.0 Å². The molecule has 2 aromatic rings. The van der Waals surface area contributed by atoms with Crippen LogP contribution in [0.5, 0.6) is 11.5 Å². The van der Waals surface area contributed by atoms with Crippen LogP contribution in [0.2, 0.25) is 0 Å². The summed E-state index contributed by atoms with van der Waals surface area (Å²) in [5, 5.41) is 11.6. The Morgan fingerprint density at radius 1 is 1.10 bits per heavy atom. The number of rotatable bonds is 6. The highest BCUT2D eigenvalue weighted by molar-refractivity contribution is 5.97. The van der Waals surface area contributed by atoms with Gasteiger partial charge in [0.2, 0.25) is 0 Å². The van der Waals surface area contributed by atoms with Gasteiger partial charge in [-0.05, 0) is 23.8 Å². The molecular formula is C22H20O7. The molecule has 2 aliphatic heterocycles. The summed E-state index contributed by atoms with van der Waals surface area (Å²) in [7, 11) is 3.00. The fourth-order valence-corrected chi connectivity index (χ4v) is 3.48. The van der Waals surface area contributed by atoms with Crippen molar-refractivity contribution in [1.82, 2.24) is 0 Å². The fourth-order valence-electron chi connectivity index (χ4n) is 3.48. The van der Waals surface area contributed by atoms with E-state index < -0.39 is 11.8 Å². The van der Waals surface area contributed by atoms with Gasteiger partial charge in [-0.3, -0.25) is 0 Å². The lowest BCUT2D eigenvalue weighted by Crippen LogP contribution is -2.30. The molecule has 0 bridgehead atoms. The Kier molecular flexibility index (Phi) is 5.00. The second kappa shape index (κ2) is 7.62. The number of hydrogen-bond acceptors (Lipinski definition) is 7. The number of ether oxygens (including phenoxy) is 3. The minimum absolute atomic E-state index is 0.145. The zero-order valence-electron chi connectivity index (χ0n) is 16.0. The standard InChI is InChI=1S/C22H20O7/c1-25-15-8-9-16(19(13-15)26-2)22(24)17(12-14-6-4-3-5-7-14)20(21(23)28-22)18-10-11-27-29-18/h3-10,13,24H,11-12H2,1-2H3. The highest BCUT2D eigenvalue weighted by Gasteiger charge is 2.51. The summed E-state index contributed by atoms with van der Waals surface area (Å²) in [6, 6.07) is 14.4. The lowest BCUT2D eigenvalue weighted by molar-refractivity contribution is -0.231. The predicted octanol–water partition coefficient (Wildman–Crippen LogP) is 2.79. The lowest BCUT2D eigenvalue weighted by atomic mass is 9.89. The Morgan fingerprint density at radius 3 is 2.55 bits per heavy atom. The maximum atomic E-state index is 12.8. The summed E-state index contributed by atoms with van der Waals surface area (Å²) in [5.74, 6) is -1.64. The van der Waals surface area contributed by atoms with E-state index in [1.54, 1.807) is 24.3 Å². The second-order valence-electron chi connectivity index (χ2n) is 6.55. The SMILES string of the molecule is COc1ccc(C2(O)OC(=O)C(C3=CCOO3)=C2Cc2ccccc2)c(OC)c1. The Labute approximate surface area is 167 Å². The van der Waals surface area contributed by atoms with Crippen LogP contribution < -0.4 is 9.47 Å². The van der Waals surface area contributed by atoms with Crippen molar-refractivity contribution in [2.75, 3.05) is 20.8 Å². The molecule has 150 valence electrons. The molecule has 7 heteroatoms. The van der Waals surface area contributed by atoms with Gasteiger partial charge in [0.15, 0.2) is 5.76 Å². The highest BCUT2D eigenvalue weighted by atomic mass is 17.2. The monoisotopic (exact) mass is 396 g/mol. The number of esters is 1. The fraction of sp³-hybridized carbons (Fsp3) is 0.227. The van der Waals surface area contributed by atoms with E-state index in [0.717, 1.165) is 5.56 Å². The van der Waals surface area contributed by atoms with Crippen LogP contribution in [0, 0.1) is 0 Å². The summed E-state index contributed by atoms with van der Waals surface area (Å²) in [6.07, 6.45) is 1.88. The van der Waals surface area contributed by atoms with Crippen molar-refractivity contribution in [1.29, 1.82) is 0 Å². The molecule has 0 aromatic heterocycles. The molecule has 0 radical (unpaired) electrons. The molecule has 2 aromatic carbocycles. The second-order valence-corrected chi connectivity index (χ2v) is 6.55. The van der Waals surface area contributed by atoms with Gasteiger partial charge >= 0.3 is 5.97 Å². The Hall–Kier alpha value is -3.29. The molecule has 29 heavy (non-hydrogen) atoms. The van der Waals surface area contributed by atoms with Gasteiger partial charge in [0.05, 0.1) is 19.8 Å². The predicted molar refractivity (Wildman–Crippen MR) is 102 cm³/mol. The van der Waals surface area contributed by atoms with Crippen LogP contribution in [-0.2, 0) is 31.5 Å². The number of carbonyl (C=O) groups is 1. The number of cyclic esters (lactones) is 1. The third kappa shape index (κ3) is 3.35. The molecule has 0 saturated carbocycles. The van der Waals surface area contributed by atoms with Crippen molar-refractivity contribution in [3.8, 4) is 11.5 Å². The molecule has 0 aliphatic carbocycles. The first-order valence-corrected chi connectivity index (χ1v) is 9.02. The van der Waals surface area contributed by atoms with Gasteiger partial charge < -0.3 is 24.2 Å². The quantitative estimate of drug-likeness (QED) is 0.594. The average molecular weight is 396 g/mol. The topological polar surface area (TPSA) is 83.5 Å². The highest BCUT2D eigenvalue weighted by Crippen LogP contribution is 2.47. The van der Waals surface area contributed by atoms with E-state index in [-0.39, 0.29) is 29.9 Å². The molecule has 0 amide bonds. The van der Waals surface area contributed by atoms with E-state index in [1.807, 2.05) is 30.3 Å². The van der Waals surface area contributed by atoms with Gasteiger partial charge in [-0.1, -0.05) is 30.3 Å². The molecule has 1 atom stereocenters. The van der Waals surface area contributed by atoms with Gasteiger partial charge in [-0.2, -0.15) is 4.89 Å². The third-order valence-corrected chi connectivity index (χ3v) is 4.88. The summed E-state index contributed by atoms with van der Waals surface area (Å²) in [6.45, 7) is 0.203. The molecule has 1 N–H and O–H groups in total. The average Bonchev–Trinajstić information content (AvgIpc) is 3.35. The normalized spacial score (nSPS) is 20.9. The van der Waals surface area contributed by atoms with Gasteiger partial charge in [0, 0.05) is 18.1 Å². The van der Waals surface area contributed by atoms with Crippen molar-refractivity contribution < 1.29 is 33.9 Å². The maximum absolute atomic E-state index is 12.8. The molecule has 0 spiro atoms. The maximum Gasteiger partial charge on any atom is 0.345 e. The van der Waals surface area contributed by atoms with Gasteiger partial charge in [0.25, 0.3) is 5.79 Å². The van der Waals surface area contributed by atoms with E-state index in [1.165, 1.54) is 14.2 Å². The summed E-state index contributed by atoms with van der Waals surface area (Å²) >= 11 is 0. The molecule has 0 fully saturated rings. The van der Waals surface area contributed by atoms with E-state index in [9.17, 15) is 9.90 Å². The first-order valence-electron chi connectivity index (χ1n) is 9.02. The Morgan fingerprint density at radius 2 is 1.90 bits per heavy atom. The van der Waals surface area contributed by atoms with E-state index in [0.29, 0.717) is 17.1 Å². The first kappa shape index (κ1) is 19.0. The summed E-state index contributed by atoms with van der Waals surface area (Å²) < 4.78 is 16.2. The number of carbonyl (C=O) groups excluding carboxylic acids is 1. The van der Waals surface area contributed by atoms with E-state index in [2.05, 4.69) is 0 Å². The molecule has 2 heterocycles. The van der Waals surface area contributed by atoms with Crippen LogP contribution in [0.15, 0.2) is 71.5 Å².